The van der Waals surface area contributed by atoms with Crippen molar-refractivity contribution in [2.75, 3.05) is 0 Å². The van der Waals surface area contributed by atoms with Gasteiger partial charge in [-0.25, -0.2) is 14.6 Å². The summed E-state index contributed by atoms with van der Waals surface area (Å²) < 4.78 is 3.88. The fraction of sp³-hybridized carbons (Fsp3) is 0.308. The number of imidazole rings is 1. The van der Waals surface area contributed by atoms with Crippen LogP contribution in [0.3, 0.4) is 0 Å². The Kier molecular flexibility index (Phi) is 2.79. The van der Waals surface area contributed by atoms with E-state index in [9.17, 15) is 0 Å². The van der Waals surface area contributed by atoms with E-state index in [1.165, 1.54) is 6.33 Å². The summed E-state index contributed by atoms with van der Waals surface area (Å²) >= 11 is 0. The van der Waals surface area contributed by atoms with E-state index < -0.39 is 0 Å². The van der Waals surface area contributed by atoms with Crippen LogP contribution in [0.15, 0.2) is 30.9 Å². The van der Waals surface area contributed by atoms with E-state index >= 15 is 0 Å². The topological polar surface area (TPSA) is 74.5 Å². The van der Waals surface area contributed by atoms with Gasteiger partial charge in [0.1, 0.15) is 24.5 Å². The maximum atomic E-state index is 5.77. The number of fused-ring (bicyclic) bond motifs is 1. The van der Waals surface area contributed by atoms with E-state index in [2.05, 4.69) is 27.6 Å². The molecule has 1 unspecified atom stereocenters. The summed E-state index contributed by atoms with van der Waals surface area (Å²) in [4.78, 5) is 8.71. The van der Waals surface area contributed by atoms with Crippen molar-refractivity contribution >= 4 is 11.0 Å². The molecule has 19 heavy (non-hydrogen) atoms. The third kappa shape index (κ3) is 1.80. The van der Waals surface area contributed by atoms with Crippen LogP contribution in [-0.2, 0) is 13.6 Å². The fourth-order valence-corrected chi connectivity index (χ4v) is 2.36. The third-order valence-corrected chi connectivity index (χ3v) is 3.46. The quantitative estimate of drug-likeness (QED) is 0.765. The van der Waals surface area contributed by atoms with Gasteiger partial charge in [0.15, 0.2) is 0 Å². The SMILES string of the molecule is CC(c1nc2c(CN)cccc2n1C)n1cncn1. The van der Waals surface area contributed by atoms with Crippen molar-refractivity contribution in [1.82, 2.24) is 24.3 Å². The minimum atomic E-state index is 0.0329. The maximum absolute atomic E-state index is 5.77. The Morgan fingerprint density at radius 3 is 2.89 bits per heavy atom. The van der Waals surface area contributed by atoms with Gasteiger partial charge in [-0.2, -0.15) is 5.10 Å². The van der Waals surface area contributed by atoms with E-state index in [1.54, 1.807) is 11.0 Å². The Labute approximate surface area is 110 Å². The minimum Gasteiger partial charge on any atom is -0.329 e. The number of benzene rings is 1. The highest BCUT2D eigenvalue weighted by atomic mass is 15.3. The molecule has 0 aliphatic rings. The van der Waals surface area contributed by atoms with Gasteiger partial charge < -0.3 is 10.3 Å². The number of hydrogen-bond donors (Lipinski definition) is 1. The van der Waals surface area contributed by atoms with Gasteiger partial charge >= 0.3 is 0 Å². The van der Waals surface area contributed by atoms with Crippen molar-refractivity contribution in [3.05, 3.63) is 42.2 Å². The van der Waals surface area contributed by atoms with Crippen LogP contribution in [0.25, 0.3) is 11.0 Å². The van der Waals surface area contributed by atoms with Crippen LogP contribution in [0.4, 0.5) is 0 Å². The van der Waals surface area contributed by atoms with Gasteiger partial charge in [-0.1, -0.05) is 12.1 Å². The molecule has 98 valence electrons. The Morgan fingerprint density at radius 1 is 1.37 bits per heavy atom. The molecule has 2 N–H and O–H groups in total. The molecule has 0 saturated heterocycles. The van der Waals surface area contributed by atoms with Gasteiger partial charge in [-0.05, 0) is 18.6 Å². The summed E-state index contributed by atoms with van der Waals surface area (Å²) in [6.07, 6.45) is 3.23. The summed E-state index contributed by atoms with van der Waals surface area (Å²) in [5.74, 6) is 0.946. The fourth-order valence-electron chi connectivity index (χ4n) is 2.36. The molecule has 1 aromatic carbocycles. The predicted molar refractivity (Wildman–Crippen MR) is 72.4 cm³/mol. The van der Waals surface area contributed by atoms with Crippen molar-refractivity contribution < 1.29 is 0 Å². The number of aryl methyl sites for hydroxylation is 1. The van der Waals surface area contributed by atoms with Crippen molar-refractivity contribution in [1.29, 1.82) is 0 Å². The number of hydrogen-bond acceptors (Lipinski definition) is 4. The van der Waals surface area contributed by atoms with E-state index in [-0.39, 0.29) is 6.04 Å². The molecule has 0 aliphatic heterocycles. The Bertz CT molecular complexity index is 697. The molecule has 0 radical (unpaired) electrons. The lowest BCUT2D eigenvalue weighted by Crippen LogP contribution is -2.12. The maximum Gasteiger partial charge on any atom is 0.137 e. The lowest BCUT2D eigenvalue weighted by Gasteiger charge is -2.11. The van der Waals surface area contributed by atoms with Crippen molar-refractivity contribution in [3.8, 4) is 0 Å². The van der Waals surface area contributed by atoms with Crippen LogP contribution in [0.5, 0.6) is 0 Å². The molecular weight excluding hydrogens is 240 g/mol. The lowest BCUT2D eigenvalue weighted by atomic mass is 10.2. The molecule has 6 heteroatoms. The second kappa shape index (κ2) is 4.47. The molecule has 0 spiro atoms. The second-order valence-corrected chi connectivity index (χ2v) is 4.57. The summed E-state index contributed by atoms with van der Waals surface area (Å²) in [5.41, 5.74) is 8.88. The molecule has 0 aliphatic carbocycles. The molecule has 3 aromatic rings. The zero-order valence-corrected chi connectivity index (χ0v) is 11.0. The highest BCUT2D eigenvalue weighted by Gasteiger charge is 2.17. The van der Waals surface area contributed by atoms with Crippen LogP contribution < -0.4 is 5.73 Å². The highest BCUT2D eigenvalue weighted by Crippen LogP contribution is 2.23. The van der Waals surface area contributed by atoms with Crippen LogP contribution in [0, 0.1) is 0 Å². The van der Waals surface area contributed by atoms with Crippen LogP contribution in [0.1, 0.15) is 24.4 Å². The molecule has 0 amide bonds. The largest absolute Gasteiger partial charge is 0.329 e. The van der Waals surface area contributed by atoms with Gasteiger partial charge in [0, 0.05) is 13.6 Å². The summed E-state index contributed by atoms with van der Waals surface area (Å²) in [5, 5.41) is 4.17. The summed E-state index contributed by atoms with van der Waals surface area (Å²) in [7, 11) is 2.01. The van der Waals surface area contributed by atoms with E-state index in [1.807, 2.05) is 19.2 Å². The molecule has 0 saturated carbocycles. The molecule has 6 nitrogen and oxygen atoms in total. The Hall–Kier alpha value is -2.21. The molecule has 1 atom stereocenters. The summed E-state index contributed by atoms with van der Waals surface area (Å²) in [6.45, 7) is 2.55. The van der Waals surface area contributed by atoms with Gasteiger partial charge in [0.05, 0.1) is 11.0 Å². The lowest BCUT2D eigenvalue weighted by molar-refractivity contribution is 0.522. The zero-order valence-electron chi connectivity index (χ0n) is 11.0. The molecule has 2 heterocycles. The number of para-hydroxylation sites is 1. The van der Waals surface area contributed by atoms with E-state index in [4.69, 9.17) is 10.7 Å². The molecule has 0 fully saturated rings. The normalized spacial score (nSPS) is 13.0. The number of aromatic nitrogens is 5. The first-order valence-corrected chi connectivity index (χ1v) is 6.20. The van der Waals surface area contributed by atoms with Crippen LogP contribution >= 0.6 is 0 Å². The molecule has 2 aromatic heterocycles. The first-order chi connectivity index (χ1) is 9.22. The molecular formula is C13H16N6. The Balaban J connectivity index is 2.17. The first kappa shape index (κ1) is 11.9. The van der Waals surface area contributed by atoms with Gasteiger partial charge in [0.25, 0.3) is 0 Å². The minimum absolute atomic E-state index is 0.0329. The predicted octanol–water partition coefficient (Wildman–Crippen LogP) is 1.23. The molecule has 3 rings (SSSR count). The van der Waals surface area contributed by atoms with Crippen LogP contribution in [-0.4, -0.2) is 24.3 Å². The van der Waals surface area contributed by atoms with Crippen LogP contribution in [0.2, 0.25) is 0 Å². The highest BCUT2D eigenvalue weighted by molar-refractivity contribution is 5.79. The second-order valence-electron chi connectivity index (χ2n) is 4.57. The Morgan fingerprint density at radius 2 is 2.21 bits per heavy atom. The monoisotopic (exact) mass is 256 g/mol. The third-order valence-electron chi connectivity index (χ3n) is 3.46. The number of nitrogens with zero attached hydrogens (tertiary/aromatic N) is 5. The van der Waals surface area contributed by atoms with E-state index in [0.717, 1.165) is 22.4 Å². The zero-order chi connectivity index (χ0) is 13.4. The summed E-state index contributed by atoms with van der Waals surface area (Å²) in [6, 6.07) is 6.11. The number of nitrogens with two attached hydrogens (primary N) is 1. The molecule has 0 bridgehead atoms. The first-order valence-electron chi connectivity index (χ1n) is 6.20. The van der Waals surface area contributed by atoms with Crippen molar-refractivity contribution in [3.63, 3.8) is 0 Å². The smallest absolute Gasteiger partial charge is 0.137 e. The number of rotatable bonds is 3. The van der Waals surface area contributed by atoms with E-state index in [0.29, 0.717) is 6.54 Å². The average Bonchev–Trinajstić information content (AvgIpc) is 3.06. The van der Waals surface area contributed by atoms with Gasteiger partial charge in [-0.3, -0.25) is 0 Å². The van der Waals surface area contributed by atoms with Crippen molar-refractivity contribution in [2.24, 2.45) is 12.8 Å². The van der Waals surface area contributed by atoms with Crippen molar-refractivity contribution in [2.45, 2.75) is 19.5 Å². The van der Waals surface area contributed by atoms with Gasteiger partial charge in [0.2, 0.25) is 0 Å². The average molecular weight is 256 g/mol. The standard InChI is InChI=1S/C13H16N6/c1-9(19-8-15-7-16-19)13-17-12-10(6-14)4-3-5-11(12)18(13)2/h3-5,7-9H,6,14H2,1-2H3. The van der Waals surface area contributed by atoms with Gasteiger partial charge in [-0.15, -0.1) is 0 Å².